The Bertz CT molecular complexity index is 977. The highest BCUT2D eigenvalue weighted by Crippen LogP contribution is 2.17. The molecule has 59 heavy (non-hydrogen) atoms. The maximum atomic E-state index is 13.2. The van der Waals surface area contributed by atoms with Gasteiger partial charge in [0, 0.05) is 6.42 Å². The molecule has 0 heterocycles. The molecule has 0 aliphatic rings. The van der Waals surface area contributed by atoms with E-state index in [1.165, 1.54) is 135 Å². The highest BCUT2D eigenvalue weighted by molar-refractivity contribution is 5.77. The number of aliphatic hydroxyl groups is 2. The molecule has 0 aliphatic heterocycles. The molecule has 0 bridgehead atoms. The largest absolute Gasteiger partial charge is 0.462 e. The van der Waals surface area contributed by atoms with Gasteiger partial charge < -0.3 is 20.3 Å². The second kappa shape index (κ2) is 47.1. The zero-order valence-electron chi connectivity index (χ0n) is 39.4. The van der Waals surface area contributed by atoms with Crippen molar-refractivity contribution in [2.45, 2.75) is 283 Å². The van der Waals surface area contributed by atoms with Crippen molar-refractivity contribution in [3.8, 4) is 0 Å². The van der Waals surface area contributed by atoms with Crippen LogP contribution in [0.25, 0.3) is 0 Å². The number of rotatable bonds is 46. The van der Waals surface area contributed by atoms with E-state index in [4.69, 9.17) is 4.74 Å². The van der Waals surface area contributed by atoms with E-state index in [0.717, 1.165) is 83.5 Å². The van der Waals surface area contributed by atoms with Crippen LogP contribution in [-0.4, -0.2) is 46.9 Å². The van der Waals surface area contributed by atoms with Gasteiger partial charge in [-0.1, -0.05) is 205 Å². The molecule has 0 saturated carbocycles. The lowest BCUT2D eigenvalue weighted by atomic mass is 10.0. The van der Waals surface area contributed by atoms with Crippen molar-refractivity contribution in [3.63, 3.8) is 0 Å². The highest BCUT2D eigenvalue weighted by Gasteiger charge is 2.24. The third-order valence-electron chi connectivity index (χ3n) is 11.7. The summed E-state index contributed by atoms with van der Waals surface area (Å²) in [5.41, 5.74) is 0. The Hall–Kier alpha value is -1.92. The number of carbonyl (C=O) groups is 2. The SMILES string of the molecule is CCCCC/C=C\C/C=C\CCCCCCCCCC(=O)OC(CCCCC/C=C\CCCCC)CC(=O)NC(CO)C(O)CCCCCCCCCCCCCCC. The summed E-state index contributed by atoms with van der Waals surface area (Å²) < 4.78 is 5.91. The molecule has 0 rings (SSSR count). The van der Waals surface area contributed by atoms with E-state index in [9.17, 15) is 19.8 Å². The zero-order valence-corrected chi connectivity index (χ0v) is 39.4. The number of esters is 1. The van der Waals surface area contributed by atoms with Gasteiger partial charge in [-0.25, -0.2) is 0 Å². The van der Waals surface area contributed by atoms with Crippen molar-refractivity contribution >= 4 is 11.9 Å². The monoisotopic (exact) mass is 830 g/mol. The topological polar surface area (TPSA) is 95.9 Å². The fourth-order valence-corrected chi connectivity index (χ4v) is 7.75. The van der Waals surface area contributed by atoms with E-state index < -0.39 is 18.2 Å². The molecule has 6 heteroatoms. The van der Waals surface area contributed by atoms with Crippen LogP contribution in [0.3, 0.4) is 0 Å². The Morgan fingerprint density at radius 1 is 0.492 bits per heavy atom. The molecule has 0 aromatic carbocycles. The van der Waals surface area contributed by atoms with Gasteiger partial charge >= 0.3 is 5.97 Å². The molecule has 0 fully saturated rings. The molecule has 0 aliphatic carbocycles. The smallest absolute Gasteiger partial charge is 0.306 e. The Balaban J connectivity index is 4.50. The third kappa shape index (κ3) is 42.6. The van der Waals surface area contributed by atoms with Crippen LogP contribution < -0.4 is 5.32 Å². The molecule has 0 saturated heterocycles. The first-order chi connectivity index (χ1) is 29.0. The minimum atomic E-state index is -0.790. The molecule has 346 valence electrons. The number of aliphatic hydroxyl groups excluding tert-OH is 2. The first kappa shape index (κ1) is 57.1. The standard InChI is InChI=1S/C53H99NO5/c1-4-7-10-13-16-19-22-24-25-26-27-29-31-34-37-40-43-46-53(58)59-49(44-41-38-35-32-21-18-15-12-9-6-3)47-52(57)54-50(48-55)51(56)45-42-39-36-33-30-28-23-20-17-14-11-8-5-2/h16,18-19,21,24-25,49-51,55-56H,4-15,17,20,22-23,26-48H2,1-3H3,(H,54,57)/b19-16-,21-18-,25-24-. The van der Waals surface area contributed by atoms with E-state index in [0.29, 0.717) is 19.3 Å². The number of ether oxygens (including phenoxy) is 1. The molecule has 0 aromatic heterocycles. The van der Waals surface area contributed by atoms with Crippen LogP contribution in [-0.2, 0) is 14.3 Å². The van der Waals surface area contributed by atoms with Gasteiger partial charge in [0.15, 0.2) is 0 Å². The molecule has 3 unspecified atom stereocenters. The van der Waals surface area contributed by atoms with Crippen LogP contribution >= 0.6 is 0 Å². The lowest BCUT2D eigenvalue weighted by Crippen LogP contribution is -2.46. The zero-order chi connectivity index (χ0) is 43.1. The predicted molar refractivity (Wildman–Crippen MR) is 255 cm³/mol. The van der Waals surface area contributed by atoms with Crippen LogP contribution in [0, 0.1) is 0 Å². The summed E-state index contributed by atoms with van der Waals surface area (Å²) >= 11 is 0. The summed E-state index contributed by atoms with van der Waals surface area (Å²) in [7, 11) is 0. The van der Waals surface area contributed by atoms with E-state index in [1.807, 2.05) is 0 Å². The predicted octanol–water partition coefficient (Wildman–Crippen LogP) is 15.3. The van der Waals surface area contributed by atoms with Crippen molar-refractivity contribution in [1.82, 2.24) is 5.32 Å². The fraction of sp³-hybridized carbons (Fsp3) is 0.849. The van der Waals surface area contributed by atoms with Gasteiger partial charge in [0.2, 0.25) is 5.91 Å². The van der Waals surface area contributed by atoms with Crippen molar-refractivity contribution in [2.24, 2.45) is 0 Å². The van der Waals surface area contributed by atoms with E-state index >= 15 is 0 Å². The molecular formula is C53H99NO5. The average Bonchev–Trinajstić information content (AvgIpc) is 3.23. The lowest BCUT2D eigenvalue weighted by Gasteiger charge is -2.24. The summed E-state index contributed by atoms with van der Waals surface area (Å²) in [6.07, 6.45) is 54.9. The van der Waals surface area contributed by atoms with Crippen molar-refractivity contribution < 1.29 is 24.5 Å². The molecule has 3 N–H and O–H groups in total. The number of allylic oxidation sites excluding steroid dienone is 6. The number of nitrogens with one attached hydrogen (secondary N) is 1. The minimum Gasteiger partial charge on any atom is -0.462 e. The van der Waals surface area contributed by atoms with E-state index in [2.05, 4.69) is 62.5 Å². The van der Waals surface area contributed by atoms with Gasteiger partial charge in [0.1, 0.15) is 6.10 Å². The van der Waals surface area contributed by atoms with Crippen LogP contribution in [0.15, 0.2) is 36.5 Å². The number of carbonyl (C=O) groups excluding carboxylic acids is 2. The Kier molecular flexibility index (Phi) is 45.6. The number of hydrogen-bond acceptors (Lipinski definition) is 5. The maximum Gasteiger partial charge on any atom is 0.306 e. The summed E-state index contributed by atoms with van der Waals surface area (Å²) in [6, 6.07) is -0.705. The third-order valence-corrected chi connectivity index (χ3v) is 11.7. The van der Waals surface area contributed by atoms with Crippen LogP contribution in [0.4, 0.5) is 0 Å². The maximum absolute atomic E-state index is 13.2. The minimum absolute atomic E-state index is 0.0654. The first-order valence-electron chi connectivity index (χ1n) is 25.7. The number of amides is 1. The van der Waals surface area contributed by atoms with Crippen molar-refractivity contribution in [3.05, 3.63) is 36.5 Å². The highest BCUT2D eigenvalue weighted by atomic mass is 16.5. The van der Waals surface area contributed by atoms with Gasteiger partial charge in [-0.15, -0.1) is 0 Å². The molecule has 0 spiro atoms. The van der Waals surface area contributed by atoms with E-state index in [1.54, 1.807) is 0 Å². The first-order valence-corrected chi connectivity index (χ1v) is 25.7. The van der Waals surface area contributed by atoms with Gasteiger partial charge in [0.05, 0.1) is 25.2 Å². The number of hydrogen-bond donors (Lipinski definition) is 3. The second-order valence-corrected chi connectivity index (χ2v) is 17.6. The molecule has 0 radical (unpaired) electrons. The fourth-order valence-electron chi connectivity index (χ4n) is 7.75. The molecular weight excluding hydrogens is 731 g/mol. The van der Waals surface area contributed by atoms with Crippen molar-refractivity contribution in [1.29, 1.82) is 0 Å². The molecule has 1 amide bonds. The number of unbranched alkanes of at least 4 members (excludes halogenated alkanes) is 28. The Labute approximate surface area is 366 Å². The Morgan fingerprint density at radius 3 is 1.36 bits per heavy atom. The quantitative estimate of drug-likeness (QED) is 0.0323. The summed E-state index contributed by atoms with van der Waals surface area (Å²) in [5, 5.41) is 23.7. The van der Waals surface area contributed by atoms with E-state index in [-0.39, 0.29) is 24.9 Å². The molecule has 0 aromatic rings. The molecule has 6 nitrogen and oxygen atoms in total. The summed E-state index contributed by atoms with van der Waals surface area (Å²) in [5.74, 6) is -0.493. The van der Waals surface area contributed by atoms with Crippen LogP contribution in [0.5, 0.6) is 0 Å². The summed E-state index contributed by atoms with van der Waals surface area (Å²) in [4.78, 5) is 26.1. The Morgan fingerprint density at radius 2 is 0.864 bits per heavy atom. The average molecular weight is 830 g/mol. The lowest BCUT2D eigenvalue weighted by molar-refractivity contribution is -0.151. The van der Waals surface area contributed by atoms with Crippen LogP contribution in [0.2, 0.25) is 0 Å². The van der Waals surface area contributed by atoms with Gasteiger partial charge in [-0.2, -0.15) is 0 Å². The summed E-state index contributed by atoms with van der Waals surface area (Å²) in [6.45, 7) is 6.43. The van der Waals surface area contributed by atoms with Crippen molar-refractivity contribution in [2.75, 3.05) is 6.61 Å². The van der Waals surface area contributed by atoms with Crippen LogP contribution in [0.1, 0.15) is 265 Å². The molecule has 3 atom stereocenters. The second-order valence-electron chi connectivity index (χ2n) is 17.6. The normalized spacial score (nSPS) is 13.5. The van der Waals surface area contributed by atoms with Gasteiger partial charge in [-0.05, 0) is 83.5 Å². The van der Waals surface area contributed by atoms with Gasteiger partial charge in [-0.3, -0.25) is 9.59 Å². The van der Waals surface area contributed by atoms with Gasteiger partial charge in [0.25, 0.3) is 0 Å².